The maximum atomic E-state index is 13.3. The number of carbonyl (C=O) groups excluding carboxylic acids is 5. The van der Waals surface area contributed by atoms with Gasteiger partial charge in [0.2, 0.25) is 0 Å². The first kappa shape index (κ1) is 77.0. The van der Waals surface area contributed by atoms with Crippen molar-refractivity contribution >= 4 is 58.3 Å². The van der Waals surface area contributed by atoms with E-state index in [1.165, 1.54) is 7.11 Å². The zero-order valence-electron chi connectivity index (χ0n) is 58.2. The number of likely N-dealkylation sites (N-methyl/N-ethyl adjacent to an activating group) is 1. The molecule has 20 nitrogen and oxygen atoms in total. The number of nitriles is 3. The van der Waals surface area contributed by atoms with Gasteiger partial charge in [0, 0.05) is 12.2 Å². The normalized spacial score (nSPS) is 12.4. The van der Waals surface area contributed by atoms with Gasteiger partial charge < -0.3 is 38.1 Å². The first-order valence-electron chi connectivity index (χ1n) is 33.1. The highest BCUT2D eigenvalue weighted by atomic mass is 16.6. The highest BCUT2D eigenvalue weighted by molar-refractivity contribution is 5.91. The summed E-state index contributed by atoms with van der Waals surface area (Å²) in [6, 6.07) is 55.9. The molecule has 0 amide bonds. The average Bonchev–Trinajstić information content (AvgIpc) is 0.830. The summed E-state index contributed by atoms with van der Waals surface area (Å²) in [6.07, 6.45) is 4.97. The zero-order chi connectivity index (χ0) is 71.9. The van der Waals surface area contributed by atoms with Crippen molar-refractivity contribution < 1.29 is 57.1 Å². The molecule has 7 aromatic carbocycles. The Balaban J connectivity index is 0.000000382. The highest BCUT2D eigenvalue weighted by Crippen LogP contribution is 2.40. The Morgan fingerprint density at radius 1 is 0.414 bits per heavy atom. The number of hydrogen-bond donors (Lipinski definition) is 0. The number of rotatable bonds is 34. The standard InChI is InChI=1S/C53H57N5O7.C26H31N3O5/c1-6-53(5,38-52(3,4)50(60)64-35-32-58(7-2)46-26-24-45(25-27-46)57-56-44-22-14-40(37-55)15-23-44)51(61)63-34-11-9-8-10-33-62-47-28-20-43(21-29-47)49(59)65-48-30-18-42(19-31-48)41-16-12-39(36-54)13-17-41;1-6-26(4,24(31)32-5)18-25(2,3)23(30)34-16-15-33-22-13-11-21(12-14-22)29-28-20-9-7-19(17-27)8-10-20/h12-31H,6-11,32-35,38H2,1-5H3;7-14H,6,15-16,18H2,1-5H3. The SMILES string of the molecule is CCC(C)(CC(C)(C)C(=O)OCCOc1ccc(N=Nc2ccc(C#N)cc2)cc1)C(=O)OC.CCN(CCOC(=O)C(C)(C)CC(C)(CC)C(=O)OCCCCCCOc1ccc(C(=O)Oc2ccc(-c3ccc(C#N)cc3)cc2)cc1)c1ccc(N=Nc2ccc(C#N)cc2)cc1. The predicted molar refractivity (Wildman–Crippen MR) is 377 cm³/mol. The van der Waals surface area contributed by atoms with Crippen molar-refractivity contribution in [2.24, 2.45) is 42.1 Å². The fraction of sp³-hybridized carbons (Fsp3) is 0.367. The van der Waals surface area contributed by atoms with Crippen LogP contribution in [0, 0.1) is 55.7 Å². The number of esters is 5. The summed E-state index contributed by atoms with van der Waals surface area (Å²) in [4.78, 5) is 66.2. The van der Waals surface area contributed by atoms with Gasteiger partial charge in [0.1, 0.15) is 37.1 Å². The van der Waals surface area contributed by atoms with E-state index in [2.05, 4.69) is 43.6 Å². The summed E-state index contributed by atoms with van der Waals surface area (Å²) in [5, 5.41) is 43.6. The van der Waals surface area contributed by atoms with Crippen LogP contribution in [0.25, 0.3) is 11.1 Å². The molecule has 0 fully saturated rings. The molecule has 2 unspecified atom stereocenters. The Bertz CT molecular complexity index is 3950. The third-order valence-electron chi connectivity index (χ3n) is 16.7. The van der Waals surface area contributed by atoms with Crippen LogP contribution in [-0.4, -0.2) is 83.1 Å². The van der Waals surface area contributed by atoms with Crippen molar-refractivity contribution in [3.05, 3.63) is 192 Å². The molecule has 99 heavy (non-hydrogen) atoms. The second kappa shape index (κ2) is 38.0. The van der Waals surface area contributed by atoms with E-state index in [-0.39, 0.29) is 37.7 Å². The number of anilines is 1. The van der Waals surface area contributed by atoms with Crippen LogP contribution in [0.1, 0.15) is 141 Å². The second-order valence-corrected chi connectivity index (χ2v) is 25.4. The Morgan fingerprint density at radius 2 is 0.788 bits per heavy atom. The summed E-state index contributed by atoms with van der Waals surface area (Å²) in [5.74, 6) is -0.178. The van der Waals surface area contributed by atoms with Gasteiger partial charge >= 0.3 is 29.8 Å². The van der Waals surface area contributed by atoms with Gasteiger partial charge in [-0.3, -0.25) is 19.2 Å². The number of methoxy groups -OCH3 is 1. The summed E-state index contributed by atoms with van der Waals surface area (Å²) in [7, 11) is 1.35. The minimum atomic E-state index is -0.908. The smallest absolute Gasteiger partial charge is 0.343 e. The molecule has 7 aromatic rings. The molecule has 0 aromatic heterocycles. The van der Waals surface area contributed by atoms with Crippen molar-refractivity contribution in [3.63, 3.8) is 0 Å². The van der Waals surface area contributed by atoms with Crippen molar-refractivity contribution in [3.8, 4) is 46.6 Å². The van der Waals surface area contributed by atoms with Gasteiger partial charge in [-0.2, -0.15) is 36.2 Å². The van der Waals surface area contributed by atoms with Crippen LogP contribution < -0.4 is 19.1 Å². The number of unbranched alkanes of at least 4 members (excludes halogenated alkanes) is 3. The lowest BCUT2D eigenvalue weighted by molar-refractivity contribution is -0.164. The Hall–Kier alpha value is -11.0. The molecule has 2 atom stereocenters. The highest BCUT2D eigenvalue weighted by Gasteiger charge is 2.44. The number of azo groups is 2. The number of hydrogen-bond acceptors (Lipinski definition) is 20. The van der Waals surface area contributed by atoms with E-state index in [0.29, 0.717) is 121 Å². The molecule has 0 N–H and O–H groups in total. The summed E-state index contributed by atoms with van der Waals surface area (Å²) in [5.41, 5.74) is 4.27. The predicted octanol–water partition coefficient (Wildman–Crippen LogP) is 18.0. The third-order valence-corrected chi connectivity index (χ3v) is 16.7. The first-order valence-corrected chi connectivity index (χ1v) is 33.1. The van der Waals surface area contributed by atoms with E-state index >= 15 is 0 Å². The van der Waals surface area contributed by atoms with E-state index in [9.17, 15) is 24.0 Å². The van der Waals surface area contributed by atoms with Crippen molar-refractivity contribution in [2.45, 2.75) is 114 Å². The van der Waals surface area contributed by atoms with Gasteiger partial charge in [-0.25, -0.2) is 4.79 Å². The van der Waals surface area contributed by atoms with Crippen LogP contribution in [0.5, 0.6) is 17.2 Å². The van der Waals surface area contributed by atoms with Gasteiger partial charge in [-0.05, 0) is 257 Å². The third kappa shape index (κ3) is 24.2. The number of nitrogens with zero attached hydrogens (tertiary/aromatic N) is 8. The molecule has 0 bridgehead atoms. The van der Waals surface area contributed by atoms with Gasteiger partial charge in [-0.1, -0.05) is 38.1 Å². The largest absolute Gasteiger partial charge is 0.494 e. The van der Waals surface area contributed by atoms with Crippen LogP contribution >= 0.6 is 0 Å². The van der Waals surface area contributed by atoms with Gasteiger partial charge in [0.25, 0.3) is 0 Å². The fourth-order valence-corrected chi connectivity index (χ4v) is 10.6. The molecule has 516 valence electrons. The van der Waals surface area contributed by atoms with Gasteiger partial charge in [0.05, 0.1) is 112 Å². The molecule has 0 aliphatic heterocycles. The van der Waals surface area contributed by atoms with Gasteiger partial charge in [0.15, 0.2) is 0 Å². The maximum Gasteiger partial charge on any atom is 0.343 e. The lowest BCUT2D eigenvalue weighted by Gasteiger charge is -2.34. The number of carbonyl (C=O) groups is 5. The van der Waals surface area contributed by atoms with Crippen molar-refractivity contribution in [2.75, 3.05) is 58.1 Å². The van der Waals surface area contributed by atoms with Crippen molar-refractivity contribution in [1.82, 2.24) is 0 Å². The lowest BCUT2D eigenvalue weighted by atomic mass is 9.72. The van der Waals surface area contributed by atoms with E-state index in [1.807, 2.05) is 90.1 Å². The Kier molecular flexibility index (Phi) is 29.6. The molecular formula is C79H88N8O12. The van der Waals surface area contributed by atoms with E-state index < -0.39 is 33.6 Å². The lowest BCUT2D eigenvalue weighted by Crippen LogP contribution is -2.39. The molecule has 0 aliphatic carbocycles. The molecule has 0 radical (unpaired) electrons. The van der Waals surface area contributed by atoms with Crippen LogP contribution in [-0.2, 0) is 38.1 Å². The molecule has 0 heterocycles. The Labute approximate surface area is 581 Å². The van der Waals surface area contributed by atoms with E-state index in [0.717, 1.165) is 36.1 Å². The molecule has 0 saturated heterocycles. The fourth-order valence-electron chi connectivity index (χ4n) is 10.6. The first-order chi connectivity index (χ1) is 47.5. The number of benzene rings is 7. The maximum absolute atomic E-state index is 13.3. The van der Waals surface area contributed by atoms with Crippen LogP contribution in [0.15, 0.2) is 190 Å². The van der Waals surface area contributed by atoms with E-state index in [1.54, 1.807) is 142 Å². The zero-order valence-corrected chi connectivity index (χ0v) is 58.2. The van der Waals surface area contributed by atoms with E-state index in [4.69, 9.17) is 48.9 Å². The summed E-state index contributed by atoms with van der Waals surface area (Å²) >= 11 is 0. The minimum absolute atomic E-state index is 0.0868. The molecule has 20 heteroatoms. The second-order valence-electron chi connectivity index (χ2n) is 25.4. The van der Waals surface area contributed by atoms with Crippen LogP contribution in [0.4, 0.5) is 28.4 Å². The topological polar surface area (TPSA) is 274 Å². The minimum Gasteiger partial charge on any atom is -0.494 e. The Morgan fingerprint density at radius 3 is 1.23 bits per heavy atom. The quantitative estimate of drug-likeness (QED) is 0.0119. The van der Waals surface area contributed by atoms with Crippen LogP contribution in [0.3, 0.4) is 0 Å². The summed E-state index contributed by atoms with van der Waals surface area (Å²) < 4.78 is 38.9. The van der Waals surface area contributed by atoms with Crippen molar-refractivity contribution in [1.29, 1.82) is 15.8 Å². The molecule has 7 rings (SSSR count). The molecule has 0 aliphatic rings. The van der Waals surface area contributed by atoms with Crippen LogP contribution in [0.2, 0.25) is 0 Å². The monoisotopic (exact) mass is 1340 g/mol. The molecular weight excluding hydrogens is 1250 g/mol. The number of ether oxygens (including phenoxy) is 7. The summed E-state index contributed by atoms with van der Waals surface area (Å²) in [6.45, 7) is 19.1. The van der Waals surface area contributed by atoms with Gasteiger partial charge in [-0.15, -0.1) is 0 Å². The average molecular weight is 1340 g/mol. The molecule has 0 saturated carbocycles. The molecule has 0 spiro atoms.